The Morgan fingerprint density at radius 2 is 1.79 bits per heavy atom. The lowest BCUT2D eigenvalue weighted by molar-refractivity contribution is -0.138. The molecule has 0 aliphatic heterocycles. The van der Waals surface area contributed by atoms with Crippen LogP contribution in [0.25, 0.3) is 0 Å². The number of aliphatic carboxylic acids is 1. The number of carbonyl (C=O) groups is 1. The molecule has 3 heteroatoms. The monoisotopic (exact) mass is 263 g/mol. The molecule has 19 heavy (non-hydrogen) atoms. The Kier molecular flexibility index (Phi) is 5.12. The molecular weight excluding hydrogens is 238 g/mol. The first-order valence-corrected chi connectivity index (χ1v) is 6.78. The standard InChI is InChI=1S/C16H25NO2/c1-11(10-15(18)19)9-14(17)12-5-7-13(8-6-12)16(2,3)4/h5-8,11,14H,9-10,17H2,1-4H3,(H,18,19). The minimum atomic E-state index is -0.761. The predicted molar refractivity (Wildman–Crippen MR) is 78.1 cm³/mol. The molecule has 1 aromatic rings. The first-order chi connectivity index (χ1) is 8.70. The van der Waals surface area contributed by atoms with Crippen LogP contribution >= 0.6 is 0 Å². The molecule has 2 unspecified atom stereocenters. The van der Waals surface area contributed by atoms with Crippen molar-refractivity contribution in [2.45, 2.75) is 52.0 Å². The zero-order chi connectivity index (χ0) is 14.6. The predicted octanol–water partition coefficient (Wildman–Crippen LogP) is 3.48. The molecule has 0 saturated carbocycles. The normalized spacial score (nSPS) is 15.0. The highest BCUT2D eigenvalue weighted by Gasteiger charge is 2.16. The Balaban J connectivity index is 2.68. The summed E-state index contributed by atoms with van der Waals surface area (Å²) in [6.45, 7) is 8.46. The highest BCUT2D eigenvalue weighted by Crippen LogP contribution is 2.25. The molecule has 2 atom stereocenters. The second-order valence-electron chi connectivity index (χ2n) is 6.42. The van der Waals surface area contributed by atoms with Gasteiger partial charge >= 0.3 is 5.97 Å². The maximum Gasteiger partial charge on any atom is 0.303 e. The van der Waals surface area contributed by atoms with Gasteiger partial charge in [0, 0.05) is 12.5 Å². The molecule has 3 nitrogen and oxygen atoms in total. The first kappa shape index (κ1) is 15.7. The van der Waals surface area contributed by atoms with Gasteiger partial charge in [0.05, 0.1) is 0 Å². The van der Waals surface area contributed by atoms with Crippen LogP contribution in [0.5, 0.6) is 0 Å². The third-order valence-electron chi connectivity index (χ3n) is 3.38. The number of carboxylic acid groups (broad SMARTS) is 1. The molecule has 0 spiro atoms. The maximum absolute atomic E-state index is 10.6. The van der Waals surface area contributed by atoms with Gasteiger partial charge in [-0.2, -0.15) is 0 Å². The SMILES string of the molecule is CC(CC(=O)O)CC(N)c1ccc(C(C)(C)C)cc1. The number of rotatable bonds is 5. The Morgan fingerprint density at radius 1 is 1.26 bits per heavy atom. The molecular formula is C16H25NO2. The van der Waals surface area contributed by atoms with Gasteiger partial charge in [-0.1, -0.05) is 52.0 Å². The zero-order valence-electron chi connectivity index (χ0n) is 12.3. The van der Waals surface area contributed by atoms with Gasteiger partial charge in [-0.05, 0) is 28.9 Å². The second-order valence-corrected chi connectivity index (χ2v) is 6.42. The van der Waals surface area contributed by atoms with Gasteiger partial charge < -0.3 is 10.8 Å². The van der Waals surface area contributed by atoms with Crippen molar-refractivity contribution in [1.29, 1.82) is 0 Å². The summed E-state index contributed by atoms with van der Waals surface area (Å²) >= 11 is 0. The summed E-state index contributed by atoms with van der Waals surface area (Å²) in [6, 6.07) is 8.23. The van der Waals surface area contributed by atoms with E-state index < -0.39 is 5.97 Å². The summed E-state index contributed by atoms with van der Waals surface area (Å²) in [4.78, 5) is 10.6. The van der Waals surface area contributed by atoms with Crippen LogP contribution in [0.4, 0.5) is 0 Å². The molecule has 0 fully saturated rings. The van der Waals surface area contributed by atoms with E-state index in [1.165, 1.54) is 5.56 Å². The van der Waals surface area contributed by atoms with Crippen LogP contribution in [-0.2, 0) is 10.2 Å². The van der Waals surface area contributed by atoms with E-state index in [4.69, 9.17) is 10.8 Å². The summed E-state index contributed by atoms with van der Waals surface area (Å²) in [5.41, 5.74) is 8.63. The van der Waals surface area contributed by atoms with Gasteiger partial charge in [-0.15, -0.1) is 0 Å². The second kappa shape index (κ2) is 6.20. The van der Waals surface area contributed by atoms with E-state index in [0.717, 1.165) is 5.56 Å². The largest absolute Gasteiger partial charge is 0.481 e. The molecule has 106 valence electrons. The van der Waals surface area contributed by atoms with Crippen LogP contribution < -0.4 is 5.73 Å². The number of hydrogen-bond donors (Lipinski definition) is 2. The third-order valence-corrected chi connectivity index (χ3v) is 3.38. The number of nitrogens with two attached hydrogens (primary N) is 1. The minimum absolute atomic E-state index is 0.0924. The highest BCUT2D eigenvalue weighted by molar-refractivity contribution is 5.66. The van der Waals surface area contributed by atoms with E-state index in [-0.39, 0.29) is 23.8 Å². The molecule has 0 aliphatic carbocycles. The minimum Gasteiger partial charge on any atom is -0.481 e. The van der Waals surface area contributed by atoms with Crippen molar-refractivity contribution in [3.8, 4) is 0 Å². The van der Waals surface area contributed by atoms with E-state index in [2.05, 4.69) is 45.0 Å². The number of hydrogen-bond acceptors (Lipinski definition) is 2. The van der Waals surface area contributed by atoms with Crippen molar-refractivity contribution in [2.75, 3.05) is 0 Å². The maximum atomic E-state index is 10.6. The van der Waals surface area contributed by atoms with Crippen LogP contribution in [0.3, 0.4) is 0 Å². The zero-order valence-corrected chi connectivity index (χ0v) is 12.3. The van der Waals surface area contributed by atoms with Gasteiger partial charge in [0.15, 0.2) is 0 Å². The lowest BCUT2D eigenvalue weighted by atomic mass is 9.85. The van der Waals surface area contributed by atoms with Gasteiger partial charge in [0.25, 0.3) is 0 Å². The Morgan fingerprint density at radius 3 is 2.21 bits per heavy atom. The summed E-state index contributed by atoms with van der Waals surface area (Å²) in [6.07, 6.45) is 0.870. The average Bonchev–Trinajstić information content (AvgIpc) is 2.26. The molecule has 0 aromatic heterocycles. The molecule has 1 rings (SSSR count). The molecule has 0 bridgehead atoms. The van der Waals surface area contributed by atoms with Gasteiger partial charge in [-0.25, -0.2) is 0 Å². The summed E-state index contributed by atoms with van der Waals surface area (Å²) in [7, 11) is 0. The van der Waals surface area contributed by atoms with E-state index in [1.807, 2.05) is 6.92 Å². The molecule has 0 amide bonds. The summed E-state index contributed by atoms with van der Waals surface area (Å²) in [5.74, 6) is -0.669. The fourth-order valence-electron chi connectivity index (χ4n) is 2.18. The van der Waals surface area contributed by atoms with E-state index >= 15 is 0 Å². The molecule has 0 radical (unpaired) electrons. The smallest absolute Gasteiger partial charge is 0.303 e. The highest BCUT2D eigenvalue weighted by atomic mass is 16.4. The quantitative estimate of drug-likeness (QED) is 0.854. The number of carboxylic acids is 1. The van der Waals surface area contributed by atoms with Gasteiger partial charge in [-0.3, -0.25) is 4.79 Å². The van der Waals surface area contributed by atoms with E-state index in [0.29, 0.717) is 6.42 Å². The average molecular weight is 263 g/mol. The van der Waals surface area contributed by atoms with Crippen LogP contribution in [0.2, 0.25) is 0 Å². The third kappa shape index (κ3) is 5.03. The van der Waals surface area contributed by atoms with Crippen molar-refractivity contribution in [3.63, 3.8) is 0 Å². The van der Waals surface area contributed by atoms with Crippen molar-refractivity contribution in [3.05, 3.63) is 35.4 Å². The molecule has 0 aliphatic rings. The lowest BCUT2D eigenvalue weighted by Crippen LogP contribution is -2.17. The van der Waals surface area contributed by atoms with Gasteiger partial charge in [0.1, 0.15) is 0 Å². The first-order valence-electron chi connectivity index (χ1n) is 6.78. The summed E-state index contributed by atoms with van der Waals surface area (Å²) < 4.78 is 0. The fraction of sp³-hybridized carbons (Fsp3) is 0.562. The van der Waals surface area contributed by atoms with Crippen LogP contribution in [-0.4, -0.2) is 11.1 Å². The lowest BCUT2D eigenvalue weighted by Gasteiger charge is -2.21. The van der Waals surface area contributed by atoms with Crippen LogP contribution in [0.1, 0.15) is 57.7 Å². The van der Waals surface area contributed by atoms with Crippen molar-refractivity contribution in [2.24, 2.45) is 11.7 Å². The van der Waals surface area contributed by atoms with Crippen molar-refractivity contribution >= 4 is 5.97 Å². The Hall–Kier alpha value is -1.35. The van der Waals surface area contributed by atoms with E-state index in [9.17, 15) is 4.79 Å². The van der Waals surface area contributed by atoms with E-state index in [1.54, 1.807) is 0 Å². The Bertz CT molecular complexity index is 417. The van der Waals surface area contributed by atoms with Crippen molar-refractivity contribution < 1.29 is 9.90 Å². The molecule has 1 aromatic carbocycles. The molecule has 3 N–H and O–H groups in total. The topological polar surface area (TPSA) is 63.3 Å². The van der Waals surface area contributed by atoms with Crippen molar-refractivity contribution in [1.82, 2.24) is 0 Å². The summed E-state index contributed by atoms with van der Waals surface area (Å²) in [5, 5.41) is 8.75. The fourth-order valence-corrected chi connectivity index (χ4v) is 2.18. The number of benzene rings is 1. The van der Waals surface area contributed by atoms with Crippen LogP contribution in [0, 0.1) is 5.92 Å². The molecule has 0 saturated heterocycles. The van der Waals surface area contributed by atoms with Crippen LogP contribution in [0.15, 0.2) is 24.3 Å². The molecule has 0 heterocycles. The van der Waals surface area contributed by atoms with Gasteiger partial charge in [0.2, 0.25) is 0 Å². The Labute approximate surface area is 115 Å².